The summed E-state index contributed by atoms with van der Waals surface area (Å²) in [5.74, 6) is 1.85. The lowest BCUT2D eigenvalue weighted by Gasteiger charge is -2.25. The largest absolute Gasteiger partial charge is 0.494 e. The van der Waals surface area contributed by atoms with Crippen LogP contribution in [-0.4, -0.2) is 24.1 Å². The van der Waals surface area contributed by atoms with Crippen molar-refractivity contribution in [1.29, 1.82) is 0 Å². The molecule has 1 unspecified atom stereocenters. The van der Waals surface area contributed by atoms with Crippen LogP contribution in [0.2, 0.25) is 0 Å². The van der Waals surface area contributed by atoms with Crippen molar-refractivity contribution in [2.75, 3.05) is 12.4 Å². The predicted octanol–water partition coefficient (Wildman–Crippen LogP) is 4.40. The summed E-state index contributed by atoms with van der Waals surface area (Å²) in [6, 6.07) is 15.5. The first-order chi connectivity index (χ1) is 12.6. The van der Waals surface area contributed by atoms with E-state index in [2.05, 4.69) is 17.4 Å². The molecular weight excluding hydrogens is 346 g/mol. The molecule has 136 valence electrons. The average Bonchev–Trinajstić information content (AvgIpc) is 2.66. The van der Waals surface area contributed by atoms with E-state index in [1.807, 2.05) is 23.9 Å². The first kappa shape index (κ1) is 18.5. The minimum absolute atomic E-state index is 0.0379. The van der Waals surface area contributed by atoms with Crippen LogP contribution in [0, 0.1) is 0 Å². The van der Waals surface area contributed by atoms with Crippen LogP contribution < -0.4 is 10.1 Å². The van der Waals surface area contributed by atoms with Gasteiger partial charge in [0, 0.05) is 22.6 Å². The van der Waals surface area contributed by atoms with Gasteiger partial charge in [-0.3, -0.25) is 9.59 Å². The van der Waals surface area contributed by atoms with Gasteiger partial charge in [-0.05, 0) is 55.7 Å². The number of ether oxygens (including phenoxy) is 1. The van der Waals surface area contributed by atoms with Gasteiger partial charge in [-0.1, -0.05) is 18.2 Å². The monoisotopic (exact) mass is 369 g/mol. The van der Waals surface area contributed by atoms with E-state index >= 15 is 0 Å². The van der Waals surface area contributed by atoms with Crippen LogP contribution in [0.15, 0.2) is 53.4 Å². The van der Waals surface area contributed by atoms with Gasteiger partial charge in [-0.25, -0.2) is 0 Å². The third kappa shape index (κ3) is 4.88. The van der Waals surface area contributed by atoms with Crippen molar-refractivity contribution in [2.45, 2.75) is 37.1 Å². The second-order valence-electron chi connectivity index (χ2n) is 6.33. The number of hydrogen-bond donors (Lipinski definition) is 1. The van der Waals surface area contributed by atoms with Crippen molar-refractivity contribution < 1.29 is 14.3 Å². The molecule has 1 atom stereocenters. The smallest absolute Gasteiger partial charge is 0.220 e. The highest BCUT2D eigenvalue weighted by molar-refractivity contribution is 7.99. The number of nitrogens with one attached hydrogen (secondary N) is 1. The van der Waals surface area contributed by atoms with Crippen LogP contribution in [-0.2, 0) is 4.79 Å². The molecule has 0 bridgehead atoms. The van der Waals surface area contributed by atoms with Crippen LogP contribution >= 0.6 is 11.8 Å². The fourth-order valence-corrected chi connectivity index (χ4v) is 4.09. The summed E-state index contributed by atoms with van der Waals surface area (Å²) in [5.41, 5.74) is 1.89. The molecule has 2 aromatic carbocycles. The van der Waals surface area contributed by atoms with E-state index < -0.39 is 0 Å². The summed E-state index contributed by atoms with van der Waals surface area (Å²) in [5, 5.41) is 3.15. The highest BCUT2D eigenvalue weighted by Crippen LogP contribution is 2.35. The Morgan fingerprint density at radius 3 is 2.69 bits per heavy atom. The molecule has 0 spiro atoms. The number of carbonyl (C=O) groups excluding carboxylic acids is 2. The Balaban J connectivity index is 1.42. The summed E-state index contributed by atoms with van der Waals surface area (Å²) in [6.07, 6.45) is 2.06. The van der Waals surface area contributed by atoms with Crippen molar-refractivity contribution in [3.8, 4) is 5.75 Å². The number of thioether (sulfide) groups is 1. The van der Waals surface area contributed by atoms with Gasteiger partial charge >= 0.3 is 0 Å². The highest BCUT2D eigenvalue weighted by Gasteiger charge is 2.21. The molecule has 1 amide bonds. The molecule has 0 aromatic heterocycles. The van der Waals surface area contributed by atoms with Crippen molar-refractivity contribution >= 4 is 23.5 Å². The molecule has 2 aromatic rings. The third-order valence-corrected chi connectivity index (χ3v) is 5.49. The predicted molar refractivity (Wildman–Crippen MR) is 104 cm³/mol. The van der Waals surface area contributed by atoms with Gasteiger partial charge < -0.3 is 10.1 Å². The van der Waals surface area contributed by atoms with E-state index in [0.29, 0.717) is 30.8 Å². The summed E-state index contributed by atoms with van der Waals surface area (Å²) < 4.78 is 5.64. The molecule has 0 saturated heterocycles. The minimum Gasteiger partial charge on any atom is -0.494 e. The third-order valence-electron chi connectivity index (χ3n) is 4.37. The van der Waals surface area contributed by atoms with Gasteiger partial charge in [0.05, 0.1) is 12.6 Å². The maximum Gasteiger partial charge on any atom is 0.220 e. The van der Waals surface area contributed by atoms with E-state index in [0.717, 1.165) is 12.2 Å². The Labute approximate surface area is 158 Å². The van der Waals surface area contributed by atoms with Crippen molar-refractivity contribution in [1.82, 2.24) is 5.32 Å². The molecule has 0 aliphatic carbocycles. The maximum absolute atomic E-state index is 12.2. The van der Waals surface area contributed by atoms with Crippen molar-refractivity contribution in [3.05, 3.63) is 59.7 Å². The molecule has 1 aliphatic rings. The zero-order chi connectivity index (χ0) is 18.4. The summed E-state index contributed by atoms with van der Waals surface area (Å²) in [6.45, 7) is 2.02. The number of ketones is 1. The zero-order valence-electron chi connectivity index (χ0n) is 14.9. The molecule has 4 nitrogen and oxygen atoms in total. The summed E-state index contributed by atoms with van der Waals surface area (Å²) in [7, 11) is 0. The molecule has 5 heteroatoms. The van der Waals surface area contributed by atoms with Crippen LogP contribution in [0.3, 0.4) is 0 Å². The second kappa shape index (κ2) is 8.90. The first-order valence-electron chi connectivity index (χ1n) is 8.88. The van der Waals surface area contributed by atoms with Gasteiger partial charge in [-0.2, -0.15) is 0 Å². The molecular formula is C21H23NO3S. The van der Waals surface area contributed by atoms with E-state index in [4.69, 9.17) is 4.74 Å². The molecule has 0 saturated carbocycles. The highest BCUT2D eigenvalue weighted by atomic mass is 32.2. The lowest BCUT2D eigenvalue weighted by atomic mass is 10.0. The van der Waals surface area contributed by atoms with Gasteiger partial charge in [0.15, 0.2) is 5.78 Å². The van der Waals surface area contributed by atoms with E-state index in [9.17, 15) is 9.59 Å². The fourth-order valence-electron chi connectivity index (χ4n) is 2.97. The maximum atomic E-state index is 12.2. The number of rotatable bonds is 7. The number of carbonyl (C=O) groups is 2. The van der Waals surface area contributed by atoms with Crippen LogP contribution in [0.5, 0.6) is 5.75 Å². The quantitative estimate of drug-likeness (QED) is 0.580. The van der Waals surface area contributed by atoms with E-state index in [1.54, 1.807) is 24.3 Å². The number of amides is 1. The fraction of sp³-hybridized carbons (Fsp3) is 0.333. The minimum atomic E-state index is 0.0379. The van der Waals surface area contributed by atoms with E-state index in [1.165, 1.54) is 17.4 Å². The summed E-state index contributed by atoms with van der Waals surface area (Å²) in [4.78, 5) is 24.8. The Kier molecular flexibility index (Phi) is 6.34. The summed E-state index contributed by atoms with van der Waals surface area (Å²) >= 11 is 1.85. The van der Waals surface area contributed by atoms with Gasteiger partial charge in [0.2, 0.25) is 5.91 Å². The Hall–Kier alpha value is -2.27. The molecule has 3 rings (SSSR count). The first-order valence-corrected chi connectivity index (χ1v) is 9.87. The Bertz CT molecular complexity index is 773. The molecule has 1 heterocycles. The zero-order valence-corrected chi connectivity index (χ0v) is 15.7. The van der Waals surface area contributed by atoms with Gasteiger partial charge in [-0.15, -0.1) is 11.8 Å². The number of Topliss-reactive ketones (excluding diaryl/α,β-unsaturated/α-hetero) is 1. The van der Waals surface area contributed by atoms with Crippen LogP contribution in [0.1, 0.15) is 48.1 Å². The van der Waals surface area contributed by atoms with Crippen LogP contribution in [0.4, 0.5) is 0 Å². The standard InChI is InChI=1S/C21H23NO3S/c1-15(23)16-8-10-17(11-9-16)25-13-4-7-21(24)22-19-12-14-26-20-6-3-2-5-18(19)20/h2-3,5-6,8-11,19H,4,7,12-14H2,1H3,(H,22,24). The second-order valence-corrected chi connectivity index (χ2v) is 7.46. The van der Waals surface area contributed by atoms with Gasteiger partial charge in [0.1, 0.15) is 5.75 Å². The van der Waals surface area contributed by atoms with E-state index in [-0.39, 0.29) is 17.7 Å². The molecule has 0 radical (unpaired) electrons. The number of fused-ring (bicyclic) bond motifs is 1. The Morgan fingerprint density at radius 2 is 1.92 bits per heavy atom. The van der Waals surface area contributed by atoms with Crippen molar-refractivity contribution in [3.63, 3.8) is 0 Å². The molecule has 1 N–H and O–H groups in total. The molecule has 0 fully saturated rings. The van der Waals surface area contributed by atoms with Crippen LogP contribution in [0.25, 0.3) is 0 Å². The normalized spacial score (nSPS) is 15.8. The number of benzene rings is 2. The topological polar surface area (TPSA) is 55.4 Å². The number of hydrogen-bond acceptors (Lipinski definition) is 4. The molecule has 26 heavy (non-hydrogen) atoms. The molecule has 1 aliphatic heterocycles. The SMILES string of the molecule is CC(=O)c1ccc(OCCCC(=O)NC2CCSc3ccccc32)cc1. The Morgan fingerprint density at radius 1 is 1.15 bits per heavy atom. The average molecular weight is 369 g/mol. The lowest BCUT2D eigenvalue weighted by molar-refractivity contribution is -0.122. The van der Waals surface area contributed by atoms with Gasteiger partial charge in [0.25, 0.3) is 0 Å². The van der Waals surface area contributed by atoms with Crippen molar-refractivity contribution in [2.24, 2.45) is 0 Å². The lowest BCUT2D eigenvalue weighted by Crippen LogP contribution is -2.30.